The van der Waals surface area contributed by atoms with E-state index in [2.05, 4.69) is 10.1 Å². The number of rotatable bonds is 3. The highest BCUT2D eigenvalue weighted by molar-refractivity contribution is 7.98. The van der Waals surface area contributed by atoms with E-state index in [0.717, 1.165) is 11.8 Å². The lowest BCUT2D eigenvalue weighted by Gasteiger charge is -2.05. The van der Waals surface area contributed by atoms with Gasteiger partial charge in [-0.05, 0) is 18.4 Å². The standard InChI is InChI=1S/C10H10FN3O2S/c1-17-9-6(15)3-2-5(8(9)11)10-13-7(4-12)16-14-10/h2-3,15H,4,12H2,1H3. The van der Waals surface area contributed by atoms with Crippen LogP contribution in [0.1, 0.15) is 5.89 Å². The molecule has 90 valence electrons. The number of nitrogens with zero attached hydrogens (tertiary/aromatic N) is 2. The number of benzene rings is 1. The predicted octanol–water partition coefficient (Wildman–Crippen LogP) is 1.76. The van der Waals surface area contributed by atoms with E-state index in [1.54, 1.807) is 6.26 Å². The molecule has 1 aromatic heterocycles. The van der Waals surface area contributed by atoms with Gasteiger partial charge in [0.2, 0.25) is 11.7 Å². The minimum absolute atomic E-state index is 0.0993. The van der Waals surface area contributed by atoms with E-state index in [1.165, 1.54) is 12.1 Å². The lowest BCUT2D eigenvalue weighted by Crippen LogP contribution is -1.96. The molecule has 0 atom stereocenters. The highest BCUT2D eigenvalue weighted by Crippen LogP contribution is 2.34. The summed E-state index contributed by atoms with van der Waals surface area (Å²) in [6.07, 6.45) is 1.67. The Hall–Kier alpha value is -1.60. The Morgan fingerprint density at radius 1 is 1.53 bits per heavy atom. The van der Waals surface area contributed by atoms with Gasteiger partial charge in [-0.3, -0.25) is 0 Å². The summed E-state index contributed by atoms with van der Waals surface area (Å²) in [6.45, 7) is 0.0993. The molecule has 0 saturated heterocycles. The lowest BCUT2D eigenvalue weighted by molar-refractivity contribution is 0.380. The first kappa shape index (κ1) is 11.9. The Kier molecular flexibility index (Phi) is 3.30. The van der Waals surface area contributed by atoms with Crippen molar-refractivity contribution in [2.24, 2.45) is 5.73 Å². The van der Waals surface area contributed by atoms with Crippen molar-refractivity contribution in [3.8, 4) is 17.1 Å². The molecule has 0 bridgehead atoms. The van der Waals surface area contributed by atoms with E-state index in [9.17, 15) is 9.50 Å². The molecule has 5 nitrogen and oxygen atoms in total. The predicted molar refractivity (Wildman–Crippen MR) is 61.0 cm³/mol. The van der Waals surface area contributed by atoms with Crippen LogP contribution in [0.5, 0.6) is 5.75 Å². The first-order chi connectivity index (χ1) is 8.17. The number of thioether (sulfide) groups is 1. The molecular formula is C10H10FN3O2S. The van der Waals surface area contributed by atoms with E-state index in [4.69, 9.17) is 10.3 Å². The minimum atomic E-state index is -0.568. The molecule has 2 rings (SSSR count). The van der Waals surface area contributed by atoms with E-state index in [-0.39, 0.29) is 34.5 Å². The van der Waals surface area contributed by atoms with Gasteiger partial charge in [0.15, 0.2) is 5.82 Å². The van der Waals surface area contributed by atoms with Crippen molar-refractivity contribution in [3.05, 3.63) is 23.8 Å². The second-order valence-electron chi connectivity index (χ2n) is 3.20. The molecule has 0 aliphatic heterocycles. The van der Waals surface area contributed by atoms with Crippen LogP contribution in [0.3, 0.4) is 0 Å². The minimum Gasteiger partial charge on any atom is -0.507 e. The van der Waals surface area contributed by atoms with Crippen molar-refractivity contribution in [3.63, 3.8) is 0 Å². The van der Waals surface area contributed by atoms with Gasteiger partial charge in [-0.25, -0.2) is 4.39 Å². The van der Waals surface area contributed by atoms with Crippen LogP contribution in [0.25, 0.3) is 11.4 Å². The number of halogens is 1. The van der Waals surface area contributed by atoms with Crippen molar-refractivity contribution in [2.45, 2.75) is 11.4 Å². The maximum Gasteiger partial charge on any atom is 0.240 e. The first-order valence-corrected chi connectivity index (χ1v) is 5.98. The van der Waals surface area contributed by atoms with Crippen LogP contribution in [0.15, 0.2) is 21.6 Å². The van der Waals surface area contributed by atoms with E-state index >= 15 is 0 Å². The van der Waals surface area contributed by atoms with Gasteiger partial charge < -0.3 is 15.4 Å². The van der Waals surface area contributed by atoms with Gasteiger partial charge in [-0.2, -0.15) is 4.98 Å². The van der Waals surface area contributed by atoms with Crippen LogP contribution in [0, 0.1) is 5.82 Å². The van der Waals surface area contributed by atoms with Crippen LogP contribution >= 0.6 is 11.8 Å². The quantitative estimate of drug-likeness (QED) is 0.813. The SMILES string of the molecule is CSc1c(O)ccc(-c2noc(CN)n2)c1F. The van der Waals surface area contributed by atoms with Gasteiger partial charge in [-0.1, -0.05) is 5.16 Å². The normalized spacial score (nSPS) is 10.8. The van der Waals surface area contributed by atoms with Gasteiger partial charge in [-0.15, -0.1) is 11.8 Å². The lowest BCUT2D eigenvalue weighted by atomic mass is 10.2. The smallest absolute Gasteiger partial charge is 0.240 e. The molecule has 1 aromatic carbocycles. The van der Waals surface area contributed by atoms with Crippen LogP contribution < -0.4 is 5.73 Å². The van der Waals surface area contributed by atoms with Gasteiger partial charge in [0.1, 0.15) is 5.75 Å². The van der Waals surface area contributed by atoms with Crippen LogP contribution in [0.4, 0.5) is 4.39 Å². The molecule has 0 fully saturated rings. The summed E-state index contributed by atoms with van der Waals surface area (Å²) in [5.41, 5.74) is 5.50. The molecule has 7 heteroatoms. The van der Waals surface area contributed by atoms with Crippen molar-refractivity contribution in [2.75, 3.05) is 6.26 Å². The summed E-state index contributed by atoms with van der Waals surface area (Å²) >= 11 is 1.11. The molecule has 0 spiro atoms. The molecule has 0 saturated carbocycles. The zero-order chi connectivity index (χ0) is 12.4. The molecule has 2 aromatic rings. The molecule has 1 heterocycles. The second-order valence-corrected chi connectivity index (χ2v) is 4.01. The maximum absolute atomic E-state index is 14.0. The molecule has 0 radical (unpaired) electrons. The van der Waals surface area contributed by atoms with Gasteiger partial charge in [0.05, 0.1) is 17.0 Å². The Morgan fingerprint density at radius 2 is 2.29 bits per heavy atom. The highest BCUT2D eigenvalue weighted by atomic mass is 32.2. The van der Waals surface area contributed by atoms with Crippen LogP contribution in [-0.4, -0.2) is 21.5 Å². The molecule has 0 unspecified atom stereocenters. The Bertz CT molecular complexity index is 544. The summed E-state index contributed by atoms with van der Waals surface area (Å²) in [5.74, 6) is -0.320. The summed E-state index contributed by atoms with van der Waals surface area (Å²) in [4.78, 5) is 4.09. The molecule has 3 N–H and O–H groups in total. The Morgan fingerprint density at radius 3 is 2.88 bits per heavy atom. The average Bonchev–Trinajstić information content (AvgIpc) is 2.78. The van der Waals surface area contributed by atoms with Crippen LogP contribution in [-0.2, 0) is 6.54 Å². The third-order valence-corrected chi connectivity index (χ3v) is 2.96. The number of aromatic nitrogens is 2. The molecule has 17 heavy (non-hydrogen) atoms. The summed E-state index contributed by atoms with van der Waals surface area (Å²) < 4.78 is 18.8. The van der Waals surface area contributed by atoms with Crippen LogP contribution in [0.2, 0.25) is 0 Å². The number of phenols is 1. The number of hydrogen-bond acceptors (Lipinski definition) is 6. The third-order valence-electron chi connectivity index (χ3n) is 2.16. The molecule has 0 aliphatic rings. The molecule has 0 amide bonds. The average molecular weight is 255 g/mol. The summed E-state index contributed by atoms with van der Waals surface area (Å²) in [5, 5.41) is 13.1. The Balaban J connectivity index is 2.52. The van der Waals surface area contributed by atoms with E-state index in [1.807, 2.05) is 0 Å². The molecular weight excluding hydrogens is 245 g/mol. The van der Waals surface area contributed by atoms with Crippen molar-refractivity contribution in [1.29, 1.82) is 0 Å². The fraction of sp³-hybridized carbons (Fsp3) is 0.200. The largest absolute Gasteiger partial charge is 0.507 e. The van der Waals surface area contributed by atoms with Gasteiger partial charge in [0.25, 0.3) is 0 Å². The number of phenolic OH excluding ortho intramolecular Hbond substituents is 1. The zero-order valence-corrected chi connectivity index (χ0v) is 9.79. The summed E-state index contributed by atoms with van der Waals surface area (Å²) in [7, 11) is 0. The van der Waals surface area contributed by atoms with Crippen molar-refractivity contribution < 1.29 is 14.0 Å². The van der Waals surface area contributed by atoms with Crippen molar-refractivity contribution >= 4 is 11.8 Å². The van der Waals surface area contributed by atoms with E-state index in [0.29, 0.717) is 0 Å². The number of hydrogen-bond donors (Lipinski definition) is 2. The fourth-order valence-electron chi connectivity index (χ4n) is 1.36. The number of aromatic hydroxyl groups is 1. The maximum atomic E-state index is 14.0. The Labute approximate surface area is 101 Å². The third kappa shape index (κ3) is 2.11. The monoisotopic (exact) mass is 255 g/mol. The van der Waals surface area contributed by atoms with Gasteiger partial charge >= 0.3 is 0 Å². The number of nitrogens with two attached hydrogens (primary N) is 1. The van der Waals surface area contributed by atoms with E-state index < -0.39 is 5.82 Å². The summed E-state index contributed by atoms with van der Waals surface area (Å²) in [6, 6.07) is 2.79. The van der Waals surface area contributed by atoms with Gasteiger partial charge in [0, 0.05) is 0 Å². The zero-order valence-electron chi connectivity index (χ0n) is 8.98. The first-order valence-electron chi connectivity index (χ1n) is 4.75. The molecule has 0 aliphatic carbocycles. The van der Waals surface area contributed by atoms with Crippen molar-refractivity contribution in [1.82, 2.24) is 10.1 Å². The highest BCUT2D eigenvalue weighted by Gasteiger charge is 2.17. The topological polar surface area (TPSA) is 85.2 Å². The fourth-order valence-corrected chi connectivity index (χ4v) is 1.93. The second kappa shape index (κ2) is 4.72.